The van der Waals surface area contributed by atoms with Crippen molar-refractivity contribution in [3.05, 3.63) is 77.9 Å². The number of Topliss-reactive ketones (excluding diaryl/α,β-unsaturated/α-hetero) is 1. The topological polar surface area (TPSA) is 52.3 Å². The van der Waals surface area contributed by atoms with Gasteiger partial charge in [0.25, 0.3) is 0 Å². The van der Waals surface area contributed by atoms with E-state index in [1.54, 1.807) is 7.11 Å². The number of methoxy groups -OCH3 is 1. The standard InChI is InChI=1S/C21H21NO2/c1-24-19-10-8-17(9-11-19)20(14-22)21(23)13-15-6-7-16-4-2-3-5-18(16)12-15/h2-12,20H,13-14,22H2,1H3. The van der Waals surface area contributed by atoms with Crippen LogP contribution in [0.15, 0.2) is 66.7 Å². The Kier molecular flexibility index (Phi) is 4.92. The lowest BCUT2D eigenvalue weighted by Gasteiger charge is -2.15. The summed E-state index contributed by atoms with van der Waals surface area (Å²) < 4.78 is 5.16. The number of hydrogen-bond acceptors (Lipinski definition) is 3. The van der Waals surface area contributed by atoms with Crippen LogP contribution in [0.4, 0.5) is 0 Å². The Balaban J connectivity index is 1.79. The van der Waals surface area contributed by atoms with E-state index in [-0.39, 0.29) is 11.7 Å². The first-order chi connectivity index (χ1) is 11.7. The molecule has 0 saturated carbocycles. The van der Waals surface area contributed by atoms with Gasteiger partial charge in [0, 0.05) is 13.0 Å². The second kappa shape index (κ2) is 7.28. The number of nitrogens with two attached hydrogens (primary N) is 1. The van der Waals surface area contributed by atoms with Crippen molar-refractivity contribution < 1.29 is 9.53 Å². The van der Waals surface area contributed by atoms with Gasteiger partial charge in [0.1, 0.15) is 11.5 Å². The number of rotatable bonds is 6. The third-order valence-corrected chi connectivity index (χ3v) is 4.33. The molecule has 3 aromatic carbocycles. The molecule has 24 heavy (non-hydrogen) atoms. The van der Waals surface area contributed by atoms with Crippen molar-refractivity contribution in [1.29, 1.82) is 0 Å². The van der Waals surface area contributed by atoms with Crippen LogP contribution < -0.4 is 10.5 Å². The molecule has 1 atom stereocenters. The summed E-state index contributed by atoms with van der Waals surface area (Å²) in [5.41, 5.74) is 7.82. The minimum Gasteiger partial charge on any atom is -0.497 e. The van der Waals surface area contributed by atoms with Gasteiger partial charge in [-0.3, -0.25) is 4.79 Å². The van der Waals surface area contributed by atoms with Crippen LogP contribution in [0, 0.1) is 0 Å². The van der Waals surface area contributed by atoms with E-state index in [1.165, 1.54) is 5.39 Å². The van der Waals surface area contributed by atoms with Crippen molar-refractivity contribution >= 4 is 16.6 Å². The van der Waals surface area contributed by atoms with Gasteiger partial charge in [0.05, 0.1) is 13.0 Å². The average Bonchev–Trinajstić information content (AvgIpc) is 2.63. The van der Waals surface area contributed by atoms with Crippen LogP contribution in [0.5, 0.6) is 5.75 Å². The van der Waals surface area contributed by atoms with Gasteiger partial charge in [-0.05, 0) is 34.0 Å². The summed E-state index contributed by atoms with van der Waals surface area (Å²) in [6.45, 7) is 0.304. The van der Waals surface area contributed by atoms with Crippen LogP contribution in [-0.4, -0.2) is 19.4 Å². The third kappa shape index (κ3) is 3.47. The SMILES string of the molecule is COc1ccc(C(CN)C(=O)Cc2ccc3ccccc3c2)cc1. The molecule has 1 unspecified atom stereocenters. The molecule has 3 heteroatoms. The Bertz CT molecular complexity index is 840. The van der Waals surface area contributed by atoms with E-state index in [0.717, 1.165) is 22.3 Å². The van der Waals surface area contributed by atoms with Gasteiger partial charge in [0.15, 0.2) is 0 Å². The summed E-state index contributed by atoms with van der Waals surface area (Å²) in [5.74, 6) is 0.622. The van der Waals surface area contributed by atoms with E-state index in [2.05, 4.69) is 24.3 Å². The largest absolute Gasteiger partial charge is 0.497 e. The Labute approximate surface area is 142 Å². The molecule has 0 heterocycles. The molecular formula is C21H21NO2. The van der Waals surface area contributed by atoms with Crippen LogP contribution in [0.25, 0.3) is 10.8 Å². The van der Waals surface area contributed by atoms with Crippen molar-refractivity contribution in [2.75, 3.05) is 13.7 Å². The van der Waals surface area contributed by atoms with E-state index in [0.29, 0.717) is 13.0 Å². The highest BCUT2D eigenvalue weighted by molar-refractivity contribution is 5.90. The van der Waals surface area contributed by atoms with E-state index in [4.69, 9.17) is 10.5 Å². The minimum absolute atomic E-state index is 0.137. The van der Waals surface area contributed by atoms with Gasteiger partial charge in [-0.25, -0.2) is 0 Å². The lowest BCUT2D eigenvalue weighted by Crippen LogP contribution is -2.23. The van der Waals surface area contributed by atoms with Gasteiger partial charge in [-0.1, -0.05) is 54.6 Å². The first-order valence-corrected chi connectivity index (χ1v) is 8.05. The Morgan fingerprint density at radius 3 is 2.38 bits per heavy atom. The van der Waals surface area contributed by atoms with Crippen LogP contribution in [0.3, 0.4) is 0 Å². The molecule has 0 aliphatic rings. The highest BCUT2D eigenvalue weighted by Gasteiger charge is 2.19. The Morgan fingerprint density at radius 2 is 1.71 bits per heavy atom. The normalized spacial score (nSPS) is 12.1. The maximum Gasteiger partial charge on any atom is 0.145 e. The third-order valence-electron chi connectivity index (χ3n) is 4.33. The highest BCUT2D eigenvalue weighted by atomic mass is 16.5. The van der Waals surface area contributed by atoms with Crippen LogP contribution in [0.1, 0.15) is 17.0 Å². The predicted molar refractivity (Wildman–Crippen MR) is 97.4 cm³/mol. The van der Waals surface area contributed by atoms with Crippen LogP contribution in [-0.2, 0) is 11.2 Å². The number of benzene rings is 3. The molecular weight excluding hydrogens is 298 g/mol. The smallest absolute Gasteiger partial charge is 0.145 e. The second-order valence-electron chi connectivity index (χ2n) is 5.89. The van der Waals surface area contributed by atoms with Crippen molar-refractivity contribution in [2.24, 2.45) is 5.73 Å². The maximum absolute atomic E-state index is 12.7. The highest BCUT2D eigenvalue weighted by Crippen LogP contribution is 2.22. The van der Waals surface area contributed by atoms with Gasteiger partial charge >= 0.3 is 0 Å². The van der Waals surface area contributed by atoms with Gasteiger partial charge in [-0.2, -0.15) is 0 Å². The lowest BCUT2D eigenvalue weighted by atomic mass is 9.90. The molecule has 0 fully saturated rings. The first kappa shape index (κ1) is 16.2. The molecule has 0 aliphatic carbocycles. The number of carbonyl (C=O) groups is 1. The molecule has 0 aromatic heterocycles. The van der Waals surface area contributed by atoms with E-state index in [1.807, 2.05) is 42.5 Å². The summed E-state index contributed by atoms with van der Waals surface area (Å²) in [4.78, 5) is 12.7. The predicted octanol–water partition coefficient (Wildman–Crippen LogP) is 3.70. The average molecular weight is 319 g/mol. The second-order valence-corrected chi connectivity index (χ2v) is 5.89. The number of carbonyl (C=O) groups excluding carboxylic acids is 1. The molecule has 122 valence electrons. The molecule has 3 nitrogen and oxygen atoms in total. The fourth-order valence-corrected chi connectivity index (χ4v) is 2.96. The molecule has 2 N–H and O–H groups in total. The Hall–Kier alpha value is -2.65. The molecule has 3 rings (SSSR count). The zero-order valence-corrected chi connectivity index (χ0v) is 13.7. The zero-order chi connectivity index (χ0) is 16.9. The Morgan fingerprint density at radius 1 is 1.00 bits per heavy atom. The first-order valence-electron chi connectivity index (χ1n) is 8.05. The van der Waals surface area contributed by atoms with Crippen molar-refractivity contribution in [3.63, 3.8) is 0 Å². The summed E-state index contributed by atoms with van der Waals surface area (Å²) in [6.07, 6.45) is 0.388. The molecule has 0 spiro atoms. The lowest BCUT2D eigenvalue weighted by molar-refractivity contribution is -0.119. The molecule has 0 saturated heterocycles. The summed E-state index contributed by atoms with van der Waals surface area (Å²) in [7, 11) is 1.63. The van der Waals surface area contributed by atoms with Crippen LogP contribution >= 0.6 is 0 Å². The molecule has 0 radical (unpaired) electrons. The summed E-state index contributed by atoms with van der Waals surface area (Å²) >= 11 is 0. The molecule has 0 amide bonds. The number of ketones is 1. The summed E-state index contributed by atoms with van der Waals surface area (Å²) in [6, 6.07) is 21.9. The fourth-order valence-electron chi connectivity index (χ4n) is 2.96. The number of ether oxygens (including phenoxy) is 1. The van der Waals surface area contributed by atoms with Crippen LogP contribution in [0.2, 0.25) is 0 Å². The quantitative estimate of drug-likeness (QED) is 0.753. The van der Waals surface area contributed by atoms with Gasteiger partial charge in [0.2, 0.25) is 0 Å². The van der Waals surface area contributed by atoms with Crippen molar-refractivity contribution in [3.8, 4) is 5.75 Å². The van der Waals surface area contributed by atoms with Crippen molar-refractivity contribution in [1.82, 2.24) is 0 Å². The molecule has 0 aliphatic heterocycles. The van der Waals surface area contributed by atoms with Crippen molar-refractivity contribution in [2.45, 2.75) is 12.3 Å². The van der Waals surface area contributed by atoms with E-state index < -0.39 is 0 Å². The van der Waals surface area contributed by atoms with E-state index in [9.17, 15) is 4.79 Å². The van der Waals surface area contributed by atoms with Gasteiger partial charge in [-0.15, -0.1) is 0 Å². The number of fused-ring (bicyclic) bond motifs is 1. The fraction of sp³-hybridized carbons (Fsp3) is 0.190. The molecule has 0 bridgehead atoms. The monoisotopic (exact) mass is 319 g/mol. The minimum atomic E-state index is -0.289. The van der Waals surface area contributed by atoms with E-state index >= 15 is 0 Å². The number of hydrogen-bond donors (Lipinski definition) is 1. The van der Waals surface area contributed by atoms with Gasteiger partial charge < -0.3 is 10.5 Å². The molecule has 3 aromatic rings. The maximum atomic E-state index is 12.7. The zero-order valence-electron chi connectivity index (χ0n) is 13.7. The summed E-state index contributed by atoms with van der Waals surface area (Å²) in [5, 5.41) is 2.33.